The number of benzene rings is 1. The average Bonchev–Trinajstić information content (AvgIpc) is 2.98. The molecule has 2 atom stereocenters. The summed E-state index contributed by atoms with van der Waals surface area (Å²) in [5.41, 5.74) is 0.915. The molecular formula is C16H20FN3O. The van der Waals surface area contributed by atoms with Crippen LogP contribution in [0.15, 0.2) is 42.7 Å². The molecule has 1 aromatic heterocycles. The van der Waals surface area contributed by atoms with Crippen molar-refractivity contribution in [2.24, 2.45) is 5.92 Å². The normalized spacial score (nSPS) is 13.7. The third-order valence-corrected chi connectivity index (χ3v) is 3.46. The number of carbonyl (C=O) groups excluding carboxylic acids is 1. The van der Waals surface area contributed by atoms with Gasteiger partial charge in [-0.1, -0.05) is 26.0 Å². The average molecular weight is 289 g/mol. The molecule has 0 saturated carbocycles. The zero-order chi connectivity index (χ0) is 15.2. The number of halogens is 1. The number of nitrogens with zero attached hydrogens (tertiary/aromatic N) is 2. The van der Waals surface area contributed by atoms with E-state index in [1.54, 1.807) is 23.0 Å². The number of hydrogen-bond donors (Lipinski definition) is 1. The largest absolute Gasteiger partial charge is 0.349 e. The molecule has 5 heteroatoms. The highest BCUT2D eigenvalue weighted by atomic mass is 19.1. The van der Waals surface area contributed by atoms with Crippen molar-refractivity contribution in [3.8, 4) is 0 Å². The topological polar surface area (TPSA) is 46.9 Å². The molecule has 1 aromatic carbocycles. The van der Waals surface area contributed by atoms with Crippen molar-refractivity contribution < 1.29 is 9.18 Å². The van der Waals surface area contributed by atoms with Gasteiger partial charge in [0.25, 0.3) is 0 Å². The first-order chi connectivity index (χ1) is 10.1. The maximum Gasteiger partial charge on any atom is 0.225 e. The third-order valence-electron chi connectivity index (χ3n) is 3.46. The lowest BCUT2D eigenvalue weighted by atomic mass is 10.0. The molecule has 1 N–H and O–H groups in total. The molecule has 1 heterocycles. The molecule has 1 amide bonds. The van der Waals surface area contributed by atoms with E-state index in [1.165, 1.54) is 12.1 Å². The molecule has 0 aliphatic heterocycles. The van der Waals surface area contributed by atoms with E-state index in [-0.39, 0.29) is 23.7 Å². The predicted octanol–water partition coefficient (Wildman–Crippen LogP) is 2.93. The van der Waals surface area contributed by atoms with E-state index in [2.05, 4.69) is 10.4 Å². The van der Waals surface area contributed by atoms with Gasteiger partial charge in [-0.05, 0) is 30.2 Å². The summed E-state index contributed by atoms with van der Waals surface area (Å²) in [4.78, 5) is 12.3. The van der Waals surface area contributed by atoms with E-state index in [0.29, 0.717) is 6.54 Å². The van der Waals surface area contributed by atoms with Crippen LogP contribution >= 0.6 is 0 Å². The van der Waals surface area contributed by atoms with Crippen LogP contribution in [-0.2, 0) is 11.3 Å². The molecular weight excluding hydrogens is 269 g/mol. The van der Waals surface area contributed by atoms with Gasteiger partial charge < -0.3 is 5.32 Å². The van der Waals surface area contributed by atoms with E-state index in [4.69, 9.17) is 0 Å². The fourth-order valence-electron chi connectivity index (χ4n) is 2.20. The molecule has 0 radical (unpaired) electrons. The summed E-state index contributed by atoms with van der Waals surface area (Å²) in [5, 5.41) is 7.11. The fraction of sp³-hybridized carbons (Fsp3) is 0.375. The van der Waals surface area contributed by atoms with E-state index in [0.717, 1.165) is 12.0 Å². The van der Waals surface area contributed by atoms with Gasteiger partial charge in [-0.2, -0.15) is 5.10 Å². The lowest BCUT2D eigenvalue weighted by Gasteiger charge is -2.20. The van der Waals surface area contributed by atoms with Crippen molar-refractivity contribution in [2.45, 2.75) is 32.9 Å². The highest BCUT2D eigenvalue weighted by Gasteiger charge is 2.18. The lowest BCUT2D eigenvalue weighted by molar-refractivity contribution is -0.125. The van der Waals surface area contributed by atoms with Gasteiger partial charge >= 0.3 is 0 Å². The molecule has 0 fully saturated rings. The summed E-state index contributed by atoms with van der Waals surface area (Å²) < 4.78 is 14.7. The summed E-state index contributed by atoms with van der Waals surface area (Å²) >= 11 is 0. The molecule has 2 rings (SSSR count). The van der Waals surface area contributed by atoms with Gasteiger partial charge in [0.15, 0.2) is 0 Å². The monoisotopic (exact) mass is 289 g/mol. The number of hydrogen-bond acceptors (Lipinski definition) is 2. The quantitative estimate of drug-likeness (QED) is 0.888. The smallest absolute Gasteiger partial charge is 0.225 e. The Morgan fingerprint density at radius 1 is 1.38 bits per heavy atom. The molecule has 4 nitrogen and oxygen atoms in total. The van der Waals surface area contributed by atoms with E-state index < -0.39 is 0 Å². The van der Waals surface area contributed by atoms with Crippen LogP contribution in [-0.4, -0.2) is 15.7 Å². The highest BCUT2D eigenvalue weighted by Crippen LogP contribution is 2.17. The molecule has 0 bridgehead atoms. The van der Waals surface area contributed by atoms with Gasteiger partial charge in [0.2, 0.25) is 5.91 Å². The van der Waals surface area contributed by atoms with Crippen LogP contribution < -0.4 is 5.32 Å². The maximum atomic E-state index is 13.0. The van der Waals surface area contributed by atoms with E-state index in [1.807, 2.05) is 26.1 Å². The summed E-state index contributed by atoms with van der Waals surface area (Å²) in [6.45, 7) is 4.40. The standard InChI is InChI=1S/C16H20FN3O/c1-3-15(13-5-7-14(17)8-6-13)19-16(21)12(2)11-20-10-4-9-18-20/h4-10,12,15H,3,11H2,1-2H3,(H,19,21)/t12-,15-/m0/s1. The van der Waals surface area contributed by atoms with Crippen LogP contribution in [0.25, 0.3) is 0 Å². The first-order valence-electron chi connectivity index (χ1n) is 7.13. The van der Waals surface area contributed by atoms with Crippen LogP contribution in [0.4, 0.5) is 4.39 Å². The minimum atomic E-state index is -0.271. The number of amides is 1. The molecule has 21 heavy (non-hydrogen) atoms. The Labute approximate surface area is 124 Å². The molecule has 2 aromatic rings. The van der Waals surface area contributed by atoms with Crippen LogP contribution in [0.5, 0.6) is 0 Å². The highest BCUT2D eigenvalue weighted by molar-refractivity contribution is 5.78. The second-order valence-corrected chi connectivity index (χ2v) is 5.15. The second kappa shape index (κ2) is 7.02. The Balaban J connectivity index is 1.97. The van der Waals surface area contributed by atoms with Gasteiger partial charge in [0, 0.05) is 12.4 Å². The molecule has 0 aliphatic carbocycles. The SMILES string of the molecule is CC[C@H](NC(=O)[C@@H](C)Cn1cccn1)c1ccc(F)cc1. The van der Waals surface area contributed by atoms with Gasteiger partial charge in [-0.25, -0.2) is 4.39 Å². The molecule has 0 spiro atoms. The zero-order valence-electron chi connectivity index (χ0n) is 12.3. The van der Waals surface area contributed by atoms with Crippen LogP contribution in [0.2, 0.25) is 0 Å². The number of aromatic nitrogens is 2. The van der Waals surface area contributed by atoms with Gasteiger partial charge in [0.1, 0.15) is 5.82 Å². The number of rotatable bonds is 6. The van der Waals surface area contributed by atoms with Crippen LogP contribution in [0.3, 0.4) is 0 Å². The summed E-state index contributed by atoms with van der Waals surface area (Å²) in [6, 6.07) is 7.98. The minimum Gasteiger partial charge on any atom is -0.349 e. The Morgan fingerprint density at radius 2 is 2.10 bits per heavy atom. The van der Waals surface area contributed by atoms with Crippen molar-refractivity contribution in [1.29, 1.82) is 0 Å². The first kappa shape index (κ1) is 15.2. The molecule has 0 unspecified atom stereocenters. The van der Waals surface area contributed by atoms with Crippen LogP contribution in [0, 0.1) is 11.7 Å². The van der Waals surface area contributed by atoms with Crippen molar-refractivity contribution in [1.82, 2.24) is 15.1 Å². The van der Waals surface area contributed by atoms with Crippen molar-refractivity contribution >= 4 is 5.91 Å². The number of nitrogens with one attached hydrogen (secondary N) is 1. The van der Waals surface area contributed by atoms with Crippen molar-refractivity contribution in [3.05, 3.63) is 54.1 Å². The maximum absolute atomic E-state index is 13.0. The van der Waals surface area contributed by atoms with Crippen LogP contribution in [0.1, 0.15) is 31.9 Å². The predicted molar refractivity (Wildman–Crippen MR) is 79.0 cm³/mol. The Kier molecular flexibility index (Phi) is 5.09. The van der Waals surface area contributed by atoms with Crippen molar-refractivity contribution in [3.63, 3.8) is 0 Å². The third kappa shape index (κ3) is 4.15. The fourth-order valence-corrected chi connectivity index (χ4v) is 2.20. The summed E-state index contributed by atoms with van der Waals surface area (Å²) in [6.07, 6.45) is 4.28. The van der Waals surface area contributed by atoms with E-state index >= 15 is 0 Å². The van der Waals surface area contributed by atoms with Gasteiger partial charge in [-0.3, -0.25) is 9.48 Å². The van der Waals surface area contributed by atoms with Gasteiger partial charge in [-0.15, -0.1) is 0 Å². The van der Waals surface area contributed by atoms with Gasteiger partial charge in [0.05, 0.1) is 18.5 Å². The van der Waals surface area contributed by atoms with E-state index in [9.17, 15) is 9.18 Å². The minimum absolute atomic E-state index is 0.0262. The zero-order valence-corrected chi connectivity index (χ0v) is 12.3. The van der Waals surface area contributed by atoms with Crippen molar-refractivity contribution in [2.75, 3.05) is 0 Å². The summed E-state index contributed by atoms with van der Waals surface area (Å²) in [5.74, 6) is -0.479. The Hall–Kier alpha value is -2.17. The molecule has 0 saturated heterocycles. The second-order valence-electron chi connectivity index (χ2n) is 5.15. The Bertz CT molecular complexity index is 566. The number of carbonyl (C=O) groups is 1. The summed E-state index contributed by atoms with van der Waals surface area (Å²) in [7, 11) is 0. The first-order valence-corrected chi connectivity index (χ1v) is 7.13. The Morgan fingerprint density at radius 3 is 2.67 bits per heavy atom. The molecule has 0 aliphatic rings. The lowest BCUT2D eigenvalue weighted by Crippen LogP contribution is -2.34. The molecule has 112 valence electrons.